The molecule has 1 atom stereocenters. The molecule has 5 rings (SSSR count). The summed E-state index contributed by atoms with van der Waals surface area (Å²) in [5.41, 5.74) is 2.39. The van der Waals surface area contributed by atoms with Crippen LogP contribution < -0.4 is 5.32 Å². The molecule has 8 nitrogen and oxygen atoms in total. The third-order valence-corrected chi connectivity index (χ3v) is 7.35. The van der Waals surface area contributed by atoms with Gasteiger partial charge in [0.15, 0.2) is 0 Å². The fourth-order valence-corrected chi connectivity index (χ4v) is 5.06. The maximum atomic E-state index is 13.6. The first-order valence-corrected chi connectivity index (χ1v) is 13.6. The quantitative estimate of drug-likeness (QED) is 0.267. The van der Waals surface area contributed by atoms with E-state index < -0.39 is 23.4 Å². The smallest absolute Gasteiger partial charge is 0.348 e. The van der Waals surface area contributed by atoms with Gasteiger partial charge in [0, 0.05) is 43.3 Å². The van der Waals surface area contributed by atoms with Gasteiger partial charge in [0.1, 0.15) is 5.69 Å². The molecule has 0 unspecified atom stereocenters. The Hall–Kier alpha value is -4.67. The van der Waals surface area contributed by atoms with Gasteiger partial charge in [0.2, 0.25) is 11.7 Å². The van der Waals surface area contributed by atoms with Gasteiger partial charge in [-0.3, -0.25) is 9.59 Å². The van der Waals surface area contributed by atoms with Crippen LogP contribution in [0, 0.1) is 0 Å². The van der Waals surface area contributed by atoms with E-state index in [1.54, 1.807) is 18.3 Å². The average molecular weight is 575 g/mol. The second-order valence-electron chi connectivity index (χ2n) is 10.3. The van der Waals surface area contributed by atoms with E-state index in [9.17, 15) is 22.8 Å². The summed E-state index contributed by atoms with van der Waals surface area (Å²) in [6.45, 7) is 4.03. The van der Waals surface area contributed by atoms with E-state index in [0.717, 1.165) is 17.7 Å². The van der Waals surface area contributed by atoms with E-state index in [-0.39, 0.29) is 23.2 Å². The number of carbonyl (C=O) groups excluding carboxylic acids is 2. The van der Waals surface area contributed by atoms with E-state index in [2.05, 4.69) is 20.5 Å². The summed E-state index contributed by atoms with van der Waals surface area (Å²) >= 11 is 0. The molecule has 42 heavy (non-hydrogen) atoms. The molecular formula is C31H29F3N6O2. The predicted octanol–water partition coefficient (Wildman–Crippen LogP) is 6.09. The molecular weight excluding hydrogens is 545 g/mol. The predicted molar refractivity (Wildman–Crippen MR) is 151 cm³/mol. The van der Waals surface area contributed by atoms with Gasteiger partial charge < -0.3 is 10.2 Å². The van der Waals surface area contributed by atoms with Crippen molar-refractivity contribution in [3.05, 3.63) is 89.7 Å². The van der Waals surface area contributed by atoms with Crippen LogP contribution in [0.3, 0.4) is 0 Å². The minimum absolute atomic E-state index is 0.0552. The molecule has 1 amide bonds. The zero-order valence-corrected chi connectivity index (χ0v) is 23.1. The van der Waals surface area contributed by atoms with Gasteiger partial charge in [-0.25, -0.2) is 9.97 Å². The Bertz CT molecular complexity index is 1590. The number of nitrogens with one attached hydrogen (secondary N) is 1. The lowest BCUT2D eigenvalue weighted by molar-refractivity contribution is -0.144. The minimum Gasteiger partial charge on any atom is -0.348 e. The average Bonchev–Trinajstić information content (AvgIpc) is 3.00. The highest BCUT2D eigenvalue weighted by Gasteiger charge is 2.31. The van der Waals surface area contributed by atoms with Gasteiger partial charge >= 0.3 is 6.18 Å². The molecule has 0 saturated carbocycles. The van der Waals surface area contributed by atoms with Gasteiger partial charge in [0.25, 0.3) is 5.91 Å². The Kier molecular flexibility index (Phi) is 8.28. The molecule has 1 aliphatic heterocycles. The van der Waals surface area contributed by atoms with Crippen LogP contribution >= 0.6 is 0 Å². The second-order valence-corrected chi connectivity index (χ2v) is 10.3. The van der Waals surface area contributed by atoms with Gasteiger partial charge in [-0.15, -0.1) is 5.10 Å². The molecule has 1 saturated heterocycles. The lowest BCUT2D eigenvalue weighted by Gasteiger charge is -2.31. The molecule has 1 aliphatic rings. The summed E-state index contributed by atoms with van der Waals surface area (Å²) in [4.78, 5) is 34.2. The third kappa shape index (κ3) is 6.45. The van der Waals surface area contributed by atoms with Crippen molar-refractivity contribution in [1.82, 2.24) is 25.1 Å². The van der Waals surface area contributed by atoms with E-state index in [1.807, 2.05) is 43.3 Å². The topological polar surface area (TPSA) is 101 Å². The molecule has 0 spiro atoms. The van der Waals surface area contributed by atoms with Crippen molar-refractivity contribution in [2.75, 3.05) is 18.4 Å². The molecule has 1 N–H and O–H groups in total. The standard InChI is InChI=1S/C31H29F3N6O2/c1-19(21-7-4-3-5-8-21)36-30-35-14-11-26(37-30)25-18-27(22-12-15-40(16-13-22)29(42)20(2)41)38-39-28(25)23-9-6-10-24(17-23)31(32,33)34/h3-11,14,17-19,22H,12-13,15-16H2,1-2H3,(H,35,36,37)/t19-/m0/s1. The SMILES string of the molecule is CC(=O)C(=O)N1CCC(c2cc(-c3ccnc(N[C@@H](C)c4ccccc4)n3)c(-c3cccc(C(F)(F)F)c3)nn2)CC1. The third-order valence-electron chi connectivity index (χ3n) is 7.35. The Morgan fingerprint density at radius 2 is 1.71 bits per heavy atom. The van der Waals surface area contributed by atoms with Gasteiger partial charge in [0.05, 0.1) is 23.0 Å². The summed E-state index contributed by atoms with van der Waals surface area (Å²) in [5.74, 6) is -0.713. The molecule has 2 aromatic carbocycles. The van der Waals surface area contributed by atoms with Crippen molar-refractivity contribution >= 4 is 17.6 Å². The van der Waals surface area contributed by atoms with Crippen LogP contribution in [0.15, 0.2) is 72.9 Å². The second kappa shape index (κ2) is 12.1. The summed E-state index contributed by atoms with van der Waals surface area (Å²) in [7, 11) is 0. The van der Waals surface area contributed by atoms with Crippen LogP contribution in [-0.2, 0) is 15.8 Å². The molecule has 11 heteroatoms. The Labute approximate surface area is 241 Å². The normalized spacial score (nSPS) is 14.8. The highest BCUT2D eigenvalue weighted by molar-refractivity contribution is 6.35. The Morgan fingerprint density at radius 3 is 2.40 bits per heavy atom. The highest BCUT2D eigenvalue weighted by Crippen LogP contribution is 2.37. The highest BCUT2D eigenvalue weighted by atomic mass is 19.4. The van der Waals surface area contributed by atoms with Crippen molar-refractivity contribution in [2.24, 2.45) is 0 Å². The Morgan fingerprint density at radius 1 is 0.976 bits per heavy atom. The number of anilines is 1. The van der Waals surface area contributed by atoms with Crippen molar-refractivity contribution in [3.63, 3.8) is 0 Å². The van der Waals surface area contributed by atoms with Crippen LogP contribution in [-0.4, -0.2) is 49.8 Å². The summed E-state index contributed by atoms with van der Waals surface area (Å²) in [6, 6.07) is 18.2. The van der Waals surface area contributed by atoms with Crippen LogP contribution in [0.2, 0.25) is 0 Å². The van der Waals surface area contributed by atoms with Crippen LogP contribution in [0.5, 0.6) is 0 Å². The molecule has 1 fully saturated rings. The molecule has 0 radical (unpaired) electrons. The fourth-order valence-electron chi connectivity index (χ4n) is 5.06. The molecule has 4 aromatic rings. The number of rotatable bonds is 7. The van der Waals surface area contributed by atoms with Crippen LogP contribution in [0.25, 0.3) is 22.5 Å². The number of hydrogen-bond acceptors (Lipinski definition) is 7. The first-order valence-electron chi connectivity index (χ1n) is 13.6. The number of halogens is 3. The summed E-state index contributed by atoms with van der Waals surface area (Å²) in [6.07, 6.45) is -1.79. The van der Waals surface area contributed by atoms with E-state index >= 15 is 0 Å². The van der Waals surface area contributed by atoms with E-state index in [4.69, 9.17) is 4.98 Å². The van der Waals surface area contributed by atoms with Crippen molar-refractivity contribution < 1.29 is 22.8 Å². The Balaban J connectivity index is 1.51. The number of likely N-dealkylation sites (tertiary alicyclic amines) is 1. The monoisotopic (exact) mass is 574 g/mol. The lowest BCUT2D eigenvalue weighted by Crippen LogP contribution is -2.41. The number of aromatic nitrogens is 4. The largest absolute Gasteiger partial charge is 0.416 e. The number of benzene rings is 2. The number of hydrogen-bond donors (Lipinski definition) is 1. The van der Waals surface area contributed by atoms with Gasteiger partial charge in [-0.1, -0.05) is 42.5 Å². The number of ketones is 1. The molecule has 2 aromatic heterocycles. The summed E-state index contributed by atoms with van der Waals surface area (Å²) in [5, 5.41) is 12.1. The first kappa shape index (κ1) is 28.8. The zero-order valence-electron chi connectivity index (χ0n) is 23.1. The van der Waals surface area contributed by atoms with Crippen molar-refractivity contribution in [2.45, 2.75) is 44.8 Å². The number of piperidine rings is 1. The molecule has 216 valence electrons. The summed E-state index contributed by atoms with van der Waals surface area (Å²) < 4.78 is 40.7. The first-order chi connectivity index (χ1) is 20.1. The lowest BCUT2D eigenvalue weighted by atomic mass is 9.91. The van der Waals surface area contributed by atoms with Crippen LogP contribution in [0.4, 0.5) is 19.1 Å². The van der Waals surface area contributed by atoms with Gasteiger partial charge in [-0.05, 0) is 49.6 Å². The van der Waals surface area contributed by atoms with Crippen molar-refractivity contribution in [1.29, 1.82) is 0 Å². The maximum absolute atomic E-state index is 13.6. The fraction of sp³-hybridized carbons (Fsp3) is 0.290. The molecule has 0 aliphatic carbocycles. The van der Waals surface area contributed by atoms with Crippen molar-refractivity contribution in [3.8, 4) is 22.5 Å². The number of alkyl halides is 3. The van der Waals surface area contributed by atoms with Gasteiger partial charge in [-0.2, -0.15) is 18.3 Å². The zero-order chi connectivity index (χ0) is 29.9. The number of amides is 1. The number of Topliss-reactive ketones (excluding diaryl/α,β-unsaturated/α-hetero) is 1. The number of carbonyl (C=O) groups is 2. The van der Waals surface area contributed by atoms with E-state index in [1.165, 1.54) is 17.9 Å². The molecule has 3 heterocycles. The maximum Gasteiger partial charge on any atom is 0.416 e. The van der Waals surface area contributed by atoms with Crippen LogP contribution in [0.1, 0.15) is 55.5 Å². The number of nitrogens with zero attached hydrogens (tertiary/aromatic N) is 5. The van der Waals surface area contributed by atoms with E-state index in [0.29, 0.717) is 48.8 Å². The molecule has 0 bridgehead atoms. The minimum atomic E-state index is -4.52.